The second kappa shape index (κ2) is 4.12. The Balaban J connectivity index is 2.89. The van der Waals surface area contributed by atoms with Crippen LogP contribution in [0.4, 0.5) is 4.39 Å². The molecule has 0 fully saturated rings. The van der Waals surface area contributed by atoms with Crippen molar-refractivity contribution in [3.8, 4) is 0 Å². The smallest absolute Gasteiger partial charge is 0.125 e. The third-order valence-electron chi connectivity index (χ3n) is 1.15. The molecule has 11 heavy (non-hydrogen) atoms. The summed E-state index contributed by atoms with van der Waals surface area (Å²) in [4.78, 5) is 0.972. The molecule has 0 heterocycles. The molecule has 0 saturated heterocycles. The van der Waals surface area contributed by atoms with E-state index in [1.165, 1.54) is 6.07 Å². The minimum atomic E-state index is -0.185. The van der Waals surface area contributed by atoms with E-state index in [0.717, 1.165) is 15.1 Å². The average Bonchev–Trinajstić information content (AvgIpc) is 1.85. The fourth-order valence-corrected chi connectivity index (χ4v) is 2.13. The number of hydrogen-bond acceptors (Lipinski definition) is 1. The molecule has 0 aliphatic carbocycles. The molecule has 0 aliphatic rings. The summed E-state index contributed by atoms with van der Waals surface area (Å²) in [5.41, 5.74) is 0. The second-order valence-corrected chi connectivity index (χ2v) is 4.29. The first-order valence-electron chi connectivity index (χ1n) is 3.31. The molecule has 0 aromatic heterocycles. The third kappa shape index (κ3) is 2.83. The fourth-order valence-electron chi connectivity index (χ4n) is 0.779. The van der Waals surface area contributed by atoms with E-state index in [1.807, 2.05) is 13.0 Å². The van der Waals surface area contributed by atoms with Gasteiger partial charge in [0.2, 0.25) is 0 Å². The Morgan fingerprint density at radius 3 is 2.73 bits per heavy atom. The zero-order chi connectivity index (χ0) is 8.27. The van der Waals surface area contributed by atoms with Gasteiger partial charge in [-0.15, -0.1) is 11.8 Å². The summed E-state index contributed by atoms with van der Waals surface area (Å²) in [7, 11) is 0. The van der Waals surface area contributed by atoms with E-state index < -0.39 is 0 Å². The van der Waals surface area contributed by atoms with Gasteiger partial charge < -0.3 is 0 Å². The van der Waals surface area contributed by atoms with Crippen molar-refractivity contribution in [2.24, 2.45) is 0 Å². The van der Waals surface area contributed by atoms with Crippen LogP contribution in [-0.2, 0) is 0 Å². The molecule has 0 N–H and O–H groups in total. The van der Waals surface area contributed by atoms with Crippen LogP contribution in [0.2, 0.25) is 0 Å². The Kier molecular flexibility index (Phi) is 3.40. The van der Waals surface area contributed by atoms with E-state index in [2.05, 4.69) is 15.9 Å². The maximum absolute atomic E-state index is 12.7. The highest BCUT2D eigenvalue weighted by molar-refractivity contribution is 9.10. The van der Waals surface area contributed by atoms with Crippen molar-refractivity contribution in [2.75, 3.05) is 5.75 Å². The number of halogens is 2. The molecular weight excluding hydrogens is 227 g/mol. The zero-order valence-electron chi connectivity index (χ0n) is 6.10. The Hall–Kier alpha value is -0.0200. The van der Waals surface area contributed by atoms with Gasteiger partial charge in [-0.2, -0.15) is 0 Å². The molecule has 0 radical (unpaired) electrons. The first-order valence-corrected chi connectivity index (χ1v) is 5.09. The molecule has 1 aromatic carbocycles. The lowest BCUT2D eigenvalue weighted by molar-refractivity contribution is 0.623. The molecule has 60 valence electrons. The van der Waals surface area contributed by atoms with Crippen LogP contribution in [0.3, 0.4) is 0 Å². The largest absolute Gasteiger partial charge is 0.207 e. The number of thioether (sulfide) groups is 1. The van der Waals surface area contributed by atoms with Crippen LogP contribution < -0.4 is 0 Å². The van der Waals surface area contributed by atoms with Crippen LogP contribution in [0.15, 0.2) is 27.6 Å². The van der Waals surface area contributed by atoms with Gasteiger partial charge in [0.1, 0.15) is 5.82 Å². The predicted octanol–water partition coefficient (Wildman–Crippen LogP) is 3.70. The van der Waals surface area contributed by atoms with Gasteiger partial charge in [-0.25, -0.2) is 4.39 Å². The molecule has 3 heteroatoms. The molecular formula is C8H8BrFS. The van der Waals surface area contributed by atoms with Crippen LogP contribution in [-0.4, -0.2) is 5.75 Å². The van der Waals surface area contributed by atoms with E-state index >= 15 is 0 Å². The Bertz CT molecular complexity index is 230. The van der Waals surface area contributed by atoms with Crippen molar-refractivity contribution in [3.05, 3.63) is 28.5 Å². The van der Waals surface area contributed by atoms with Gasteiger partial charge in [0.25, 0.3) is 0 Å². The Morgan fingerprint density at radius 1 is 1.45 bits per heavy atom. The number of hydrogen-bond donors (Lipinski definition) is 0. The summed E-state index contributed by atoms with van der Waals surface area (Å²) in [6, 6.07) is 4.91. The van der Waals surface area contributed by atoms with Crippen LogP contribution in [0.1, 0.15) is 6.92 Å². The lowest BCUT2D eigenvalue weighted by Crippen LogP contribution is -1.77. The van der Waals surface area contributed by atoms with E-state index in [9.17, 15) is 4.39 Å². The summed E-state index contributed by atoms with van der Waals surface area (Å²) in [5, 5.41) is 0. The Morgan fingerprint density at radius 2 is 2.18 bits per heavy atom. The second-order valence-electron chi connectivity index (χ2n) is 2.04. The zero-order valence-corrected chi connectivity index (χ0v) is 8.51. The molecule has 0 aliphatic heterocycles. The van der Waals surface area contributed by atoms with Crippen molar-refractivity contribution >= 4 is 27.7 Å². The first kappa shape index (κ1) is 9.07. The fraction of sp³-hybridized carbons (Fsp3) is 0.250. The van der Waals surface area contributed by atoms with Crippen LogP contribution in [0, 0.1) is 5.82 Å². The van der Waals surface area contributed by atoms with Crippen molar-refractivity contribution in [3.63, 3.8) is 0 Å². The predicted molar refractivity (Wildman–Crippen MR) is 50.5 cm³/mol. The molecule has 1 aromatic rings. The average molecular weight is 235 g/mol. The molecule has 0 unspecified atom stereocenters. The highest BCUT2D eigenvalue weighted by Crippen LogP contribution is 2.23. The van der Waals surface area contributed by atoms with Gasteiger partial charge in [-0.1, -0.05) is 22.9 Å². The lowest BCUT2D eigenvalue weighted by Gasteiger charge is -1.98. The normalized spacial score (nSPS) is 10.1. The Labute approximate surface area is 78.3 Å². The van der Waals surface area contributed by atoms with E-state index in [0.29, 0.717) is 0 Å². The molecule has 0 spiro atoms. The van der Waals surface area contributed by atoms with Gasteiger partial charge in [0, 0.05) is 9.37 Å². The summed E-state index contributed by atoms with van der Waals surface area (Å²) >= 11 is 4.86. The van der Waals surface area contributed by atoms with Gasteiger partial charge in [0.15, 0.2) is 0 Å². The molecule has 1 rings (SSSR count). The van der Waals surface area contributed by atoms with Crippen LogP contribution in [0.5, 0.6) is 0 Å². The minimum Gasteiger partial charge on any atom is -0.207 e. The minimum absolute atomic E-state index is 0.185. The van der Waals surface area contributed by atoms with Crippen molar-refractivity contribution < 1.29 is 4.39 Å². The molecule has 0 amide bonds. The maximum atomic E-state index is 12.7. The summed E-state index contributed by atoms with van der Waals surface area (Å²) in [6.45, 7) is 2.05. The van der Waals surface area contributed by atoms with E-state index in [4.69, 9.17) is 0 Å². The summed E-state index contributed by atoms with van der Waals surface area (Å²) < 4.78 is 13.5. The van der Waals surface area contributed by atoms with Crippen molar-refractivity contribution in [1.82, 2.24) is 0 Å². The van der Waals surface area contributed by atoms with E-state index in [-0.39, 0.29) is 5.82 Å². The highest BCUT2D eigenvalue weighted by atomic mass is 79.9. The first-order chi connectivity index (χ1) is 5.22. The van der Waals surface area contributed by atoms with E-state index in [1.54, 1.807) is 17.8 Å². The van der Waals surface area contributed by atoms with Gasteiger partial charge in [-0.3, -0.25) is 0 Å². The molecule has 0 saturated carbocycles. The highest BCUT2D eigenvalue weighted by Gasteiger charge is 1.97. The summed E-state index contributed by atoms with van der Waals surface area (Å²) in [6.07, 6.45) is 0. The van der Waals surface area contributed by atoms with Crippen molar-refractivity contribution in [2.45, 2.75) is 11.8 Å². The van der Waals surface area contributed by atoms with Crippen LogP contribution >= 0.6 is 27.7 Å². The number of rotatable bonds is 2. The molecule has 0 bridgehead atoms. The summed E-state index contributed by atoms with van der Waals surface area (Å²) in [5.74, 6) is 0.783. The SMILES string of the molecule is CCSc1cc(F)cc(Br)c1. The van der Waals surface area contributed by atoms with Gasteiger partial charge >= 0.3 is 0 Å². The topological polar surface area (TPSA) is 0 Å². The quantitative estimate of drug-likeness (QED) is 0.704. The van der Waals surface area contributed by atoms with Crippen LogP contribution in [0.25, 0.3) is 0 Å². The standard InChI is InChI=1S/C8H8BrFS/c1-2-11-8-4-6(9)3-7(10)5-8/h3-5H,2H2,1H3. The lowest BCUT2D eigenvalue weighted by atomic mass is 10.3. The molecule has 0 nitrogen and oxygen atoms in total. The van der Waals surface area contributed by atoms with Gasteiger partial charge in [-0.05, 0) is 24.0 Å². The monoisotopic (exact) mass is 234 g/mol. The number of benzene rings is 1. The maximum Gasteiger partial charge on any atom is 0.125 e. The van der Waals surface area contributed by atoms with Gasteiger partial charge in [0.05, 0.1) is 0 Å². The molecule has 0 atom stereocenters. The van der Waals surface area contributed by atoms with Crippen molar-refractivity contribution in [1.29, 1.82) is 0 Å². The third-order valence-corrected chi connectivity index (χ3v) is 2.46.